The average Bonchev–Trinajstić information content (AvgIpc) is 3.78. The number of hydrogen-bond donors (Lipinski definition) is 3. The first-order valence-corrected chi connectivity index (χ1v) is 20.2. The van der Waals surface area contributed by atoms with Crippen molar-refractivity contribution in [2.75, 3.05) is 105 Å². The zero-order valence-electron chi connectivity index (χ0n) is 31.8. The Bertz CT molecular complexity index is 1440. The summed E-state index contributed by atoms with van der Waals surface area (Å²) in [6.07, 6.45) is -1.79. The first-order chi connectivity index (χ1) is 26.2. The summed E-state index contributed by atoms with van der Waals surface area (Å²) >= 11 is 0. The largest absolute Gasteiger partial charge is 0.443 e. The van der Waals surface area contributed by atoms with Crippen molar-refractivity contribution in [3.05, 3.63) is 60.2 Å². The normalized spacial score (nSPS) is 19.6. The molecular weight excluding hydrogens is 722 g/mol. The third kappa shape index (κ3) is 15.0. The highest BCUT2D eigenvalue weighted by Gasteiger charge is 2.44. The second-order valence-electron chi connectivity index (χ2n) is 13.6. The molecule has 5 atom stereocenters. The first-order valence-electron chi connectivity index (χ1n) is 18.7. The highest BCUT2D eigenvalue weighted by atomic mass is 32.2. The van der Waals surface area contributed by atoms with Gasteiger partial charge in [-0.15, -0.1) is 0 Å². The molecule has 2 aliphatic rings. The number of carbonyl (C=O) groups is 1. The average molecular weight is 782 g/mol. The Kier molecular flexibility index (Phi) is 19.4. The smallest absolute Gasteiger partial charge is 0.407 e. The number of sulfonamides is 1. The number of ether oxygens (including phenoxy) is 8. The molecule has 15 nitrogen and oxygen atoms in total. The number of hydrogen-bond acceptors (Lipinski definition) is 13. The maximum atomic E-state index is 14.0. The van der Waals surface area contributed by atoms with Gasteiger partial charge in [-0.3, -0.25) is 0 Å². The number of rotatable bonds is 27. The van der Waals surface area contributed by atoms with Crippen LogP contribution in [0.25, 0.3) is 0 Å². The van der Waals surface area contributed by atoms with Crippen LogP contribution in [0, 0.1) is 11.8 Å². The van der Waals surface area contributed by atoms with E-state index < -0.39 is 34.4 Å². The second kappa shape index (κ2) is 23.9. The Balaban J connectivity index is 1.24. The Hall–Kier alpha value is -2.90. The molecule has 2 heterocycles. The van der Waals surface area contributed by atoms with Crippen LogP contribution in [0.5, 0.6) is 0 Å². The maximum absolute atomic E-state index is 14.0. The summed E-state index contributed by atoms with van der Waals surface area (Å²) in [7, 11) is -2.38. The molecule has 304 valence electrons. The standard InChI is InChI=1S/C38H59N3O12S/c1-29(2)26-41(27-35(42)34(25-30-7-5-4-6-8-30)40-38(43)53-36-28-52-37-33(36)13-15-51-37)54(44,45)32-11-9-31(10-12-32)39-14-16-47-19-20-49-23-24-50-22-21-48-18-17-46-3/h4-12,29,33-37,39,42H,13-28H2,1-3H3,(H,40,43)/t33-,34-,35?,36-,37+/m0/s1. The van der Waals surface area contributed by atoms with E-state index >= 15 is 0 Å². The van der Waals surface area contributed by atoms with Gasteiger partial charge in [-0.1, -0.05) is 44.2 Å². The lowest BCUT2D eigenvalue weighted by molar-refractivity contribution is -0.0907. The van der Waals surface area contributed by atoms with Gasteiger partial charge in [0.1, 0.15) is 6.10 Å². The van der Waals surface area contributed by atoms with Gasteiger partial charge < -0.3 is 53.6 Å². The summed E-state index contributed by atoms with van der Waals surface area (Å²) in [5.41, 5.74) is 1.61. The van der Waals surface area contributed by atoms with Crippen LogP contribution in [0.2, 0.25) is 0 Å². The van der Waals surface area contributed by atoms with Gasteiger partial charge in [-0.2, -0.15) is 4.31 Å². The molecule has 0 aromatic heterocycles. The number of amides is 1. The molecule has 2 aromatic rings. The van der Waals surface area contributed by atoms with Gasteiger partial charge in [0.2, 0.25) is 10.0 Å². The van der Waals surface area contributed by atoms with Crippen molar-refractivity contribution in [3.8, 4) is 0 Å². The maximum Gasteiger partial charge on any atom is 0.407 e. The molecule has 2 fully saturated rings. The fraction of sp³-hybridized carbons (Fsp3) is 0.658. The Labute approximate surface area is 319 Å². The van der Waals surface area contributed by atoms with Crippen LogP contribution in [0.15, 0.2) is 59.5 Å². The molecule has 3 N–H and O–H groups in total. The fourth-order valence-corrected chi connectivity index (χ4v) is 7.72. The van der Waals surface area contributed by atoms with E-state index in [4.69, 9.17) is 37.9 Å². The minimum absolute atomic E-state index is 0.0300. The number of benzene rings is 2. The molecule has 0 bridgehead atoms. The van der Waals surface area contributed by atoms with E-state index in [1.165, 1.54) is 4.31 Å². The van der Waals surface area contributed by atoms with Gasteiger partial charge in [0.05, 0.1) is 95.6 Å². The summed E-state index contributed by atoms with van der Waals surface area (Å²) in [5.74, 6) is -0.0718. The number of aliphatic hydroxyl groups is 1. The van der Waals surface area contributed by atoms with Crippen molar-refractivity contribution in [3.63, 3.8) is 0 Å². The van der Waals surface area contributed by atoms with Crippen LogP contribution in [0.3, 0.4) is 0 Å². The molecule has 0 radical (unpaired) electrons. The van der Waals surface area contributed by atoms with Crippen molar-refractivity contribution in [1.82, 2.24) is 9.62 Å². The molecular formula is C38H59N3O12S. The zero-order valence-corrected chi connectivity index (χ0v) is 32.6. The summed E-state index contributed by atoms with van der Waals surface area (Å²) in [4.78, 5) is 13.2. The number of fused-ring (bicyclic) bond motifs is 1. The lowest BCUT2D eigenvalue weighted by atomic mass is 10.0. The van der Waals surface area contributed by atoms with Crippen LogP contribution in [0.4, 0.5) is 10.5 Å². The van der Waals surface area contributed by atoms with Crippen LogP contribution in [-0.4, -0.2) is 148 Å². The minimum atomic E-state index is -4.01. The molecule has 54 heavy (non-hydrogen) atoms. The summed E-state index contributed by atoms with van der Waals surface area (Å²) in [6.45, 7) is 9.45. The second-order valence-corrected chi connectivity index (χ2v) is 15.5. The molecule has 0 aliphatic carbocycles. The molecule has 0 spiro atoms. The van der Waals surface area contributed by atoms with Gasteiger partial charge in [-0.25, -0.2) is 13.2 Å². The monoisotopic (exact) mass is 781 g/mol. The summed E-state index contributed by atoms with van der Waals surface area (Å²) in [6, 6.07) is 15.0. The molecule has 1 amide bonds. The predicted octanol–water partition coefficient (Wildman–Crippen LogP) is 2.92. The summed E-state index contributed by atoms with van der Waals surface area (Å²) < 4.78 is 72.9. The van der Waals surface area contributed by atoms with Crippen molar-refractivity contribution in [2.24, 2.45) is 11.8 Å². The van der Waals surface area contributed by atoms with E-state index in [9.17, 15) is 18.3 Å². The number of nitrogens with zero attached hydrogens (tertiary/aromatic N) is 1. The topological polar surface area (TPSA) is 173 Å². The molecule has 16 heteroatoms. The van der Waals surface area contributed by atoms with E-state index in [0.717, 1.165) is 17.7 Å². The van der Waals surface area contributed by atoms with E-state index in [1.54, 1.807) is 31.4 Å². The van der Waals surface area contributed by atoms with Gasteiger partial charge in [-0.05, 0) is 48.6 Å². The lowest BCUT2D eigenvalue weighted by Crippen LogP contribution is -2.51. The Morgan fingerprint density at radius 2 is 1.50 bits per heavy atom. The van der Waals surface area contributed by atoms with E-state index in [-0.39, 0.29) is 49.1 Å². The molecule has 2 aromatic carbocycles. The Morgan fingerprint density at radius 1 is 0.870 bits per heavy atom. The number of carbonyl (C=O) groups excluding carboxylic acids is 1. The van der Waals surface area contributed by atoms with Gasteiger partial charge in [0, 0.05) is 32.4 Å². The first kappa shape index (κ1) is 43.8. The van der Waals surface area contributed by atoms with Crippen LogP contribution >= 0.6 is 0 Å². The van der Waals surface area contributed by atoms with Crippen LogP contribution in [-0.2, 0) is 54.3 Å². The zero-order chi connectivity index (χ0) is 38.6. The number of alkyl carbamates (subject to hydrolysis) is 1. The number of methoxy groups -OCH3 is 1. The fourth-order valence-electron chi connectivity index (χ4n) is 6.10. The van der Waals surface area contributed by atoms with E-state index in [2.05, 4.69) is 10.6 Å². The highest BCUT2D eigenvalue weighted by Crippen LogP contribution is 2.33. The predicted molar refractivity (Wildman–Crippen MR) is 201 cm³/mol. The minimum Gasteiger partial charge on any atom is -0.443 e. The van der Waals surface area contributed by atoms with Crippen molar-refractivity contribution in [2.45, 2.75) is 56.1 Å². The van der Waals surface area contributed by atoms with Crippen molar-refractivity contribution >= 4 is 21.8 Å². The Morgan fingerprint density at radius 3 is 2.13 bits per heavy atom. The van der Waals surface area contributed by atoms with E-state index in [1.807, 2.05) is 44.2 Å². The quantitative estimate of drug-likeness (QED) is 0.113. The third-order valence-electron chi connectivity index (χ3n) is 8.88. The molecule has 2 saturated heterocycles. The van der Waals surface area contributed by atoms with Crippen LogP contribution < -0.4 is 10.6 Å². The number of anilines is 1. The number of aliphatic hydroxyl groups excluding tert-OH is 1. The van der Waals surface area contributed by atoms with Gasteiger partial charge >= 0.3 is 6.09 Å². The molecule has 0 saturated carbocycles. The highest BCUT2D eigenvalue weighted by molar-refractivity contribution is 7.89. The van der Waals surface area contributed by atoms with Gasteiger partial charge in [0.25, 0.3) is 0 Å². The van der Waals surface area contributed by atoms with Gasteiger partial charge in [0.15, 0.2) is 6.29 Å². The summed E-state index contributed by atoms with van der Waals surface area (Å²) in [5, 5.41) is 17.6. The SMILES string of the molecule is COCCOCCOCCOCCOCCNc1ccc(S(=O)(=O)N(CC(C)C)CC(O)[C@H](Cc2ccccc2)NC(=O)O[C@H]2CO[C@H]3OCC[C@H]32)cc1. The van der Waals surface area contributed by atoms with E-state index in [0.29, 0.717) is 72.6 Å². The van der Waals surface area contributed by atoms with Crippen LogP contribution in [0.1, 0.15) is 25.8 Å². The molecule has 4 rings (SSSR count). The van der Waals surface area contributed by atoms with Crippen molar-refractivity contribution < 1.29 is 56.2 Å². The lowest BCUT2D eigenvalue weighted by Gasteiger charge is -2.31. The number of nitrogens with one attached hydrogen (secondary N) is 2. The molecule has 2 aliphatic heterocycles. The molecule has 1 unspecified atom stereocenters. The van der Waals surface area contributed by atoms with Crippen molar-refractivity contribution in [1.29, 1.82) is 0 Å². The third-order valence-corrected chi connectivity index (χ3v) is 10.7.